The Morgan fingerprint density at radius 1 is 1.25 bits per heavy atom. The first-order valence-corrected chi connectivity index (χ1v) is 7.53. The Hall–Kier alpha value is -1.00. The van der Waals surface area contributed by atoms with Crippen LogP contribution in [-0.2, 0) is 10.2 Å². The number of hydrogen-bond donors (Lipinski definition) is 1. The van der Waals surface area contributed by atoms with Crippen molar-refractivity contribution in [2.75, 3.05) is 26.8 Å². The lowest BCUT2D eigenvalue weighted by atomic mass is 9.97. The molecule has 112 valence electrons. The van der Waals surface area contributed by atoms with Gasteiger partial charge in [0.25, 0.3) is 0 Å². The number of ether oxygens (including phenoxy) is 1. The minimum atomic E-state index is 0.244. The van der Waals surface area contributed by atoms with E-state index in [4.69, 9.17) is 14.7 Å². The number of methoxy groups -OCH3 is 1. The van der Waals surface area contributed by atoms with E-state index in [0.29, 0.717) is 5.92 Å². The van der Waals surface area contributed by atoms with Crippen LogP contribution in [0.15, 0.2) is 0 Å². The van der Waals surface area contributed by atoms with E-state index in [0.717, 1.165) is 36.9 Å². The second-order valence-corrected chi connectivity index (χ2v) is 6.29. The molecule has 0 bridgehead atoms. The molecule has 1 aliphatic rings. The maximum Gasteiger partial charge on any atom is 0.134 e. The highest BCUT2D eigenvalue weighted by Crippen LogP contribution is 2.46. The molecule has 1 aromatic rings. The summed E-state index contributed by atoms with van der Waals surface area (Å²) in [5.74, 6) is 1.46. The van der Waals surface area contributed by atoms with Crippen LogP contribution in [0.5, 0.6) is 0 Å². The van der Waals surface area contributed by atoms with Gasteiger partial charge in [-0.1, -0.05) is 13.8 Å². The zero-order valence-corrected chi connectivity index (χ0v) is 13.4. The summed E-state index contributed by atoms with van der Waals surface area (Å²) in [6.45, 7) is 11.3. The Kier molecular flexibility index (Phi) is 4.76. The number of nitrogens with zero attached hydrogens (tertiary/aromatic N) is 2. The lowest BCUT2D eigenvalue weighted by molar-refractivity contribution is 0.199. The van der Waals surface area contributed by atoms with Gasteiger partial charge in [-0.05, 0) is 38.2 Å². The molecule has 4 nitrogen and oxygen atoms in total. The van der Waals surface area contributed by atoms with E-state index in [9.17, 15) is 0 Å². The van der Waals surface area contributed by atoms with Gasteiger partial charge in [0.15, 0.2) is 0 Å². The molecular weight excluding hydrogens is 250 g/mol. The van der Waals surface area contributed by atoms with Gasteiger partial charge < -0.3 is 10.1 Å². The quantitative estimate of drug-likeness (QED) is 0.778. The van der Waals surface area contributed by atoms with Crippen LogP contribution < -0.4 is 5.32 Å². The van der Waals surface area contributed by atoms with Gasteiger partial charge in [-0.15, -0.1) is 0 Å². The zero-order valence-electron chi connectivity index (χ0n) is 13.4. The molecule has 0 aliphatic heterocycles. The van der Waals surface area contributed by atoms with Crippen molar-refractivity contribution in [2.24, 2.45) is 0 Å². The monoisotopic (exact) mass is 277 g/mol. The highest BCUT2D eigenvalue weighted by molar-refractivity contribution is 5.31. The van der Waals surface area contributed by atoms with Gasteiger partial charge in [-0.2, -0.15) is 0 Å². The molecule has 0 aromatic carbocycles. The van der Waals surface area contributed by atoms with E-state index in [-0.39, 0.29) is 5.41 Å². The Morgan fingerprint density at radius 3 is 2.35 bits per heavy atom. The Balaban J connectivity index is 2.07. The van der Waals surface area contributed by atoms with Crippen LogP contribution in [0, 0.1) is 13.8 Å². The van der Waals surface area contributed by atoms with E-state index in [1.165, 1.54) is 18.4 Å². The van der Waals surface area contributed by atoms with E-state index in [1.807, 2.05) is 0 Å². The van der Waals surface area contributed by atoms with Crippen molar-refractivity contribution in [3.63, 3.8) is 0 Å². The number of rotatable bonds is 7. The molecule has 0 radical (unpaired) electrons. The van der Waals surface area contributed by atoms with E-state index >= 15 is 0 Å². The number of aromatic nitrogens is 2. The largest absolute Gasteiger partial charge is 0.383 e. The van der Waals surface area contributed by atoms with Gasteiger partial charge in [0.05, 0.1) is 6.61 Å². The molecule has 2 rings (SSSR count). The van der Waals surface area contributed by atoms with Crippen LogP contribution in [0.25, 0.3) is 0 Å². The SMILES string of the molecule is COCCNCC(C)c1c(C)nc(C2(C)CC2)nc1C. The van der Waals surface area contributed by atoms with Crippen LogP contribution in [0.2, 0.25) is 0 Å². The molecule has 0 amide bonds. The first-order chi connectivity index (χ1) is 9.48. The third kappa shape index (κ3) is 3.36. The van der Waals surface area contributed by atoms with Gasteiger partial charge >= 0.3 is 0 Å². The maximum absolute atomic E-state index is 5.05. The van der Waals surface area contributed by atoms with Crippen LogP contribution in [-0.4, -0.2) is 36.8 Å². The van der Waals surface area contributed by atoms with Crippen molar-refractivity contribution in [3.8, 4) is 0 Å². The fraction of sp³-hybridized carbons (Fsp3) is 0.750. The van der Waals surface area contributed by atoms with Crippen molar-refractivity contribution in [1.82, 2.24) is 15.3 Å². The smallest absolute Gasteiger partial charge is 0.134 e. The minimum absolute atomic E-state index is 0.244. The van der Waals surface area contributed by atoms with Crippen molar-refractivity contribution >= 4 is 0 Å². The molecule has 1 aromatic heterocycles. The Morgan fingerprint density at radius 2 is 1.85 bits per heavy atom. The summed E-state index contributed by atoms with van der Waals surface area (Å²) < 4.78 is 5.05. The highest BCUT2D eigenvalue weighted by Gasteiger charge is 2.42. The first kappa shape index (κ1) is 15.4. The second kappa shape index (κ2) is 6.19. The summed E-state index contributed by atoms with van der Waals surface area (Å²) in [6.07, 6.45) is 2.44. The maximum atomic E-state index is 5.05. The molecule has 1 aliphatic carbocycles. The molecule has 1 saturated carbocycles. The summed E-state index contributed by atoms with van der Waals surface area (Å²) in [7, 11) is 1.73. The molecule has 4 heteroatoms. The Bertz CT molecular complexity index is 446. The fourth-order valence-corrected chi connectivity index (χ4v) is 2.71. The summed E-state index contributed by atoms with van der Waals surface area (Å²) in [6, 6.07) is 0. The molecule has 1 heterocycles. The fourth-order valence-electron chi connectivity index (χ4n) is 2.71. The average molecular weight is 277 g/mol. The topological polar surface area (TPSA) is 47.0 Å². The van der Waals surface area contributed by atoms with Gasteiger partial charge in [0, 0.05) is 37.0 Å². The number of nitrogens with one attached hydrogen (secondary N) is 1. The average Bonchev–Trinajstić information content (AvgIpc) is 3.13. The molecule has 1 fully saturated rings. The predicted molar refractivity (Wildman–Crippen MR) is 81.3 cm³/mol. The molecular formula is C16H27N3O. The molecule has 0 saturated heterocycles. The van der Waals surface area contributed by atoms with Crippen molar-refractivity contribution < 1.29 is 4.74 Å². The highest BCUT2D eigenvalue weighted by atomic mass is 16.5. The van der Waals surface area contributed by atoms with Crippen molar-refractivity contribution in [3.05, 3.63) is 22.8 Å². The van der Waals surface area contributed by atoms with Crippen LogP contribution in [0.1, 0.15) is 55.4 Å². The normalized spacial score (nSPS) is 18.1. The summed E-state index contributed by atoms with van der Waals surface area (Å²) in [4.78, 5) is 9.54. The molecule has 1 N–H and O–H groups in total. The lowest BCUT2D eigenvalue weighted by Crippen LogP contribution is -2.25. The van der Waals surface area contributed by atoms with Crippen molar-refractivity contribution in [2.45, 2.75) is 51.9 Å². The number of aryl methyl sites for hydroxylation is 2. The summed E-state index contributed by atoms with van der Waals surface area (Å²) >= 11 is 0. The van der Waals surface area contributed by atoms with Gasteiger partial charge in [0.2, 0.25) is 0 Å². The molecule has 1 atom stereocenters. The Labute approximate surface area is 122 Å². The van der Waals surface area contributed by atoms with Crippen LogP contribution in [0.4, 0.5) is 0 Å². The van der Waals surface area contributed by atoms with E-state index < -0.39 is 0 Å². The van der Waals surface area contributed by atoms with Crippen LogP contribution >= 0.6 is 0 Å². The summed E-state index contributed by atoms with van der Waals surface area (Å²) in [5, 5.41) is 3.42. The first-order valence-electron chi connectivity index (χ1n) is 7.53. The second-order valence-electron chi connectivity index (χ2n) is 6.29. The predicted octanol–water partition coefficient (Wildman–Crippen LogP) is 2.48. The third-order valence-corrected chi connectivity index (χ3v) is 4.29. The molecule has 0 spiro atoms. The van der Waals surface area contributed by atoms with Gasteiger partial charge in [-0.3, -0.25) is 0 Å². The molecule has 20 heavy (non-hydrogen) atoms. The van der Waals surface area contributed by atoms with Crippen LogP contribution in [0.3, 0.4) is 0 Å². The van der Waals surface area contributed by atoms with Crippen molar-refractivity contribution in [1.29, 1.82) is 0 Å². The van der Waals surface area contributed by atoms with Gasteiger partial charge in [0.1, 0.15) is 5.82 Å². The minimum Gasteiger partial charge on any atom is -0.383 e. The lowest BCUT2D eigenvalue weighted by Gasteiger charge is -2.19. The van der Waals surface area contributed by atoms with E-state index in [2.05, 4.69) is 33.0 Å². The molecule has 1 unspecified atom stereocenters. The number of hydrogen-bond acceptors (Lipinski definition) is 4. The van der Waals surface area contributed by atoms with Gasteiger partial charge in [-0.25, -0.2) is 9.97 Å². The summed E-state index contributed by atoms with van der Waals surface area (Å²) in [5.41, 5.74) is 3.82. The van der Waals surface area contributed by atoms with E-state index in [1.54, 1.807) is 7.11 Å². The third-order valence-electron chi connectivity index (χ3n) is 4.29. The standard InChI is InChI=1S/C16H27N3O/c1-11(10-17-8-9-20-5)14-12(2)18-15(19-13(14)3)16(4)6-7-16/h11,17H,6-10H2,1-5H3. The zero-order chi connectivity index (χ0) is 14.8.